The number of carbonyl (C=O) groups is 1. The van der Waals surface area contributed by atoms with Gasteiger partial charge in [0.15, 0.2) is 11.3 Å². The highest BCUT2D eigenvalue weighted by atomic mass is 19.3. The molecule has 0 bridgehead atoms. The van der Waals surface area contributed by atoms with Gasteiger partial charge in [-0.25, -0.2) is 18.3 Å². The standard InChI is InChI=1S/C24H31F2N7O2/c1-15-4-6-16(7-5-15)33-13-18(20(30-33)21(25)26)28-23(34)17-12-27-32-9-8-19(29-22(17)32)31-10-11-35-24(2,3)14-31/h8-9,12-13,15-16,21H,4-7,10-11,14H2,1-3H3,(H,28,34). The smallest absolute Gasteiger partial charge is 0.284 e. The molecule has 3 aromatic rings. The van der Waals surface area contributed by atoms with Crippen molar-refractivity contribution in [2.24, 2.45) is 5.92 Å². The summed E-state index contributed by atoms with van der Waals surface area (Å²) in [4.78, 5) is 19.9. The fraction of sp³-hybridized carbons (Fsp3) is 0.583. The van der Waals surface area contributed by atoms with E-state index in [0.29, 0.717) is 37.1 Å². The normalized spacial score (nSPS) is 22.6. The van der Waals surface area contributed by atoms with Crippen LogP contribution < -0.4 is 10.2 Å². The van der Waals surface area contributed by atoms with Crippen molar-refractivity contribution in [1.29, 1.82) is 0 Å². The molecule has 188 valence electrons. The van der Waals surface area contributed by atoms with Crippen molar-refractivity contribution in [2.45, 2.75) is 64.5 Å². The summed E-state index contributed by atoms with van der Waals surface area (Å²) < 4.78 is 36.4. The Morgan fingerprint density at radius 1 is 1.26 bits per heavy atom. The van der Waals surface area contributed by atoms with Gasteiger partial charge >= 0.3 is 0 Å². The quantitative estimate of drug-likeness (QED) is 0.571. The monoisotopic (exact) mass is 487 g/mol. The molecule has 0 atom stereocenters. The molecule has 2 aliphatic rings. The minimum atomic E-state index is -2.80. The first-order valence-electron chi connectivity index (χ1n) is 12.1. The van der Waals surface area contributed by atoms with Crippen LogP contribution in [0, 0.1) is 5.92 Å². The highest BCUT2D eigenvalue weighted by Gasteiger charge is 2.29. The molecule has 11 heteroatoms. The van der Waals surface area contributed by atoms with Gasteiger partial charge in [-0.2, -0.15) is 10.2 Å². The van der Waals surface area contributed by atoms with Crippen molar-refractivity contribution < 1.29 is 18.3 Å². The van der Waals surface area contributed by atoms with Crippen LogP contribution in [0.15, 0.2) is 24.7 Å². The van der Waals surface area contributed by atoms with Crippen molar-refractivity contribution in [3.63, 3.8) is 0 Å². The number of hydrogen-bond acceptors (Lipinski definition) is 6. The summed E-state index contributed by atoms with van der Waals surface area (Å²) in [5, 5.41) is 11.0. The van der Waals surface area contributed by atoms with Crippen LogP contribution in [0.2, 0.25) is 0 Å². The fourth-order valence-electron chi connectivity index (χ4n) is 4.95. The van der Waals surface area contributed by atoms with Crippen LogP contribution in [0.25, 0.3) is 5.65 Å². The Bertz CT molecular complexity index is 1210. The summed E-state index contributed by atoms with van der Waals surface area (Å²) in [6, 6.07) is 1.90. The third-order valence-corrected chi connectivity index (χ3v) is 6.92. The molecule has 1 amide bonds. The molecule has 4 heterocycles. The Morgan fingerprint density at radius 2 is 2.03 bits per heavy atom. The molecule has 1 N–H and O–H groups in total. The lowest BCUT2D eigenvalue weighted by Gasteiger charge is -2.38. The molecule has 0 radical (unpaired) electrons. The number of fused-ring (bicyclic) bond motifs is 1. The summed E-state index contributed by atoms with van der Waals surface area (Å²) in [6.07, 6.45) is 5.71. The van der Waals surface area contributed by atoms with E-state index in [1.165, 1.54) is 16.9 Å². The van der Waals surface area contributed by atoms with E-state index in [2.05, 4.69) is 32.3 Å². The highest BCUT2D eigenvalue weighted by Crippen LogP contribution is 2.34. The Kier molecular flexibility index (Phi) is 6.20. The van der Waals surface area contributed by atoms with Crippen LogP contribution in [0.1, 0.15) is 75.0 Å². The van der Waals surface area contributed by atoms with Gasteiger partial charge in [-0.3, -0.25) is 9.48 Å². The maximum atomic E-state index is 13.8. The van der Waals surface area contributed by atoms with Gasteiger partial charge in [0.1, 0.15) is 11.4 Å². The molecular formula is C24H31F2N7O2. The molecule has 0 unspecified atom stereocenters. The summed E-state index contributed by atoms with van der Waals surface area (Å²) in [5.41, 5.74) is -0.142. The van der Waals surface area contributed by atoms with Crippen molar-refractivity contribution in [2.75, 3.05) is 29.9 Å². The number of alkyl halides is 2. The van der Waals surface area contributed by atoms with Crippen LogP contribution in [0.5, 0.6) is 0 Å². The maximum Gasteiger partial charge on any atom is 0.284 e. The Balaban J connectivity index is 1.40. The number of halogens is 2. The molecule has 1 saturated carbocycles. The zero-order valence-corrected chi connectivity index (χ0v) is 20.2. The van der Waals surface area contributed by atoms with E-state index >= 15 is 0 Å². The number of hydrogen-bond donors (Lipinski definition) is 1. The van der Waals surface area contributed by atoms with E-state index in [9.17, 15) is 13.6 Å². The highest BCUT2D eigenvalue weighted by molar-refractivity contribution is 6.08. The van der Waals surface area contributed by atoms with Gasteiger partial charge < -0.3 is 15.0 Å². The SMILES string of the molecule is CC1CCC(n2cc(NC(=O)c3cnn4ccc(N5CCOC(C)(C)C5)nc34)c(C(F)F)n2)CC1. The van der Waals surface area contributed by atoms with E-state index in [1.807, 2.05) is 19.9 Å². The number of amides is 1. The van der Waals surface area contributed by atoms with Gasteiger partial charge in [-0.05, 0) is 51.5 Å². The van der Waals surface area contributed by atoms with E-state index in [1.54, 1.807) is 10.9 Å². The summed E-state index contributed by atoms with van der Waals surface area (Å²) in [5.74, 6) is 0.786. The average Bonchev–Trinajstić information content (AvgIpc) is 3.43. The molecule has 3 aromatic heterocycles. The predicted molar refractivity (Wildman–Crippen MR) is 127 cm³/mol. The number of anilines is 2. The molecule has 5 rings (SSSR count). The van der Waals surface area contributed by atoms with Gasteiger partial charge in [0.2, 0.25) is 0 Å². The first kappa shape index (κ1) is 23.7. The van der Waals surface area contributed by atoms with Crippen LogP contribution in [-0.2, 0) is 4.74 Å². The summed E-state index contributed by atoms with van der Waals surface area (Å²) in [6.45, 7) is 8.15. The molecule has 1 aliphatic heterocycles. The number of ether oxygens (including phenoxy) is 1. The lowest BCUT2D eigenvalue weighted by atomic mass is 9.87. The third-order valence-electron chi connectivity index (χ3n) is 6.92. The zero-order chi connectivity index (χ0) is 24.7. The fourth-order valence-corrected chi connectivity index (χ4v) is 4.95. The second-order valence-electron chi connectivity index (χ2n) is 10.2. The largest absolute Gasteiger partial charge is 0.372 e. The topological polar surface area (TPSA) is 89.6 Å². The second kappa shape index (κ2) is 9.18. The number of nitrogens with one attached hydrogen (secondary N) is 1. The van der Waals surface area contributed by atoms with Crippen LogP contribution in [0.3, 0.4) is 0 Å². The number of nitrogens with zero attached hydrogens (tertiary/aromatic N) is 6. The first-order valence-corrected chi connectivity index (χ1v) is 12.1. The first-order chi connectivity index (χ1) is 16.7. The minimum Gasteiger partial charge on any atom is -0.372 e. The lowest BCUT2D eigenvalue weighted by molar-refractivity contribution is -0.0279. The Hall–Kier alpha value is -3.08. The lowest BCUT2D eigenvalue weighted by Crippen LogP contribution is -2.48. The molecule has 0 spiro atoms. The maximum absolute atomic E-state index is 13.8. The van der Waals surface area contributed by atoms with Gasteiger partial charge in [0.25, 0.3) is 12.3 Å². The van der Waals surface area contributed by atoms with E-state index in [-0.39, 0.29) is 22.9 Å². The summed E-state index contributed by atoms with van der Waals surface area (Å²) >= 11 is 0. The molecule has 1 saturated heterocycles. The minimum absolute atomic E-state index is 0.0223. The van der Waals surface area contributed by atoms with Gasteiger partial charge in [0, 0.05) is 25.5 Å². The number of rotatable bonds is 5. The Morgan fingerprint density at radius 3 is 2.74 bits per heavy atom. The zero-order valence-electron chi connectivity index (χ0n) is 20.2. The van der Waals surface area contributed by atoms with Crippen LogP contribution in [-0.4, -0.2) is 55.6 Å². The van der Waals surface area contributed by atoms with Crippen molar-refractivity contribution in [1.82, 2.24) is 24.4 Å². The van der Waals surface area contributed by atoms with Crippen molar-refractivity contribution in [3.8, 4) is 0 Å². The molecule has 2 fully saturated rings. The molecular weight excluding hydrogens is 456 g/mol. The number of aromatic nitrogens is 5. The summed E-state index contributed by atoms with van der Waals surface area (Å²) in [7, 11) is 0. The van der Waals surface area contributed by atoms with Crippen LogP contribution in [0.4, 0.5) is 20.3 Å². The third kappa shape index (κ3) is 4.86. The van der Waals surface area contributed by atoms with E-state index in [0.717, 1.165) is 25.7 Å². The molecule has 0 aromatic carbocycles. The average molecular weight is 488 g/mol. The molecule has 35 heavy (non-hydrogen) atoms. The van der Waals surface area contributed by atoms with Gasteiger partial charge in [-0.15, -0.1) is 0 Å². The predicted octanol–water partition coefficient (Wildman–Crippen LogP) is 4.48. The Labute approximate surface area is 202 Å². The van der Waals surface area contributed by atoms with Crippen molar-refractivity contribution >= 4 is 23.1 Å². The molecule has 9 nitrogen and oxygen atoms in total. The number of carbonyl (C=O) groups excluding carboxylic acids is 1. The van der Waals surface area contributed by atoms with Crippen molar-refractivity contribution in [3.05, 3.63) is 35.9 Å². The van der Waals surface area contributed by atoms with E-state index in [4.69, 9.17) is 4.74 Å². The van der Waals surface area contributed by atoms with Gasteiger partial charge in [0.05, 0.1) is 30.1 Å². The van der Waals surface area contributed by atoms with Gasteiger partial charge in [-0.1, -0.05) is 6.92 Å². The van der Waals surface area contributed by atoms with Crippen LogP contribution >= 0.6 is 0 Å². The van der Waals surface area contributed by atoms with E-state index < -0.39 is 18.0 Å². The molecule has 1 aliphatic carbocycles. The number of morpholine rings is 1. The second-order valence-corrected chi connectivity index (χ2v) is 10.2.